The first-order chi connectivity index (χ1) is 16.8. The highest BCUT2D eigenvalue weighted by atomic mass is 19.4. The lowest BCUT2D eigenvalue weighted by molar-refractivity contribution is -0.137. The lowest BCUT2D eigenvalue weighted by Crippen LogP contribution is -2.43. The van der Waals surface area contributed by atoms with Gasteiger partial charge in [-0.15, -0.1) is 0 Å². The number of hydrogen-bond acceptors (Lipinski definition) is 6. The van der Waals surface area contributed by atoms with Crippen molar-refractivity contribution >= 4 is 29.2 Å². The molecule has 0 radical (unpaired) electrons. The second kappa shape index (κ2) is 10.6. The lowest BCUT2D eigenvalue weighted by Gasteiger charge is -2.30. The van der Waals surface area contributed by atoms with Crippen LogP contribution in [0.15, 0.2) is 47.6 Å². The maximum absolute atomic E-state index is 13.0. The minimum absolute atomic E-state index is 0.155. The second-order valence-electron chi connectivity index (χ2n) is 8.44. The maximum atomic E-state index is 13.0. The molecule has 1 saturated carbocycles. The molecule has 1 aromatic carbocycles. The molecule has 186 valence electrons. The van der Waals surface area contributed by atoms with Crippen LogP contribution >= 0.6 is 0 Å². The van der Waals surface area contributed by atoms with Gasteiger partial charge in [0, 0.05) is 42.8 Å². The van der Waals surface area contributed by atoms with Crippen LogP contribution in [0.4, 0.5) is 36.4 Å². The molecule has 1 aliphatic rings. The fraction of sp³-hybridized carbons (Fsp3) is 0.391. The Bertz CT molecular complexity index is 1150. The topological polar surface area (TPSA) is 115 Å². The lowest BCUT2D eigenvalue weighted by atomic mass is 9.91. The third-order valence-corrected chi connectivity index (χ3v) is 5.70. The number of aryl methyl sites for hydroxylation is 1. The quantitative estimate of drug-likeness (QED) is 0.253. The molecule has 12 heteroatoms. The number of rotatable bonds is 6. The fourth-order valence-electron chi connectivity index (χ4n) is 3.94. The molecule has 0 saturated heterocycles. The minimum atomic E-state index is -4.39. The monoisotopic (exact) mass is 487 g/mol. The van der Waals surface area contributed by atoms with Crippen LogP contribution < -0.4 is 21.3 Å². The van der Waals surface area contributed by atoms with E-state index < -0.39 is 11.7 Å². The molecule has 0 atom stereocenters. The molecule has 2 heterocycles. The van der Waals surface area contributed by atoms with Gasteiger partial charge in [0.05, 0.1) is 5.56 Å². The summed E-state index contributed by atoms with van der Waals surface area (Å²) in [5.41, 5.74) is 0.580. The number of alkyl halides is 3. The molecule has 35 heavy (non-hydrogen) atoms. The summed E-state index contributed by atoms with van der Waals surface area (Å²) in [7, 11) is 1.60. The summed E-state index contributed by atoms with van der Waals surface area (Å²) < 4.78 is 38.9. The largest absolute Gasteiger partial charge is 0.416 e. The number of H-pyrrole nitrogens is 1. The second-order valence-corrected chi connectivity index (χ2v) is 8.44. The number of guanidine groups is 1. The Morgan fingerprint density at radius 1 is 1.06 bits per heavy atom. The predicted molar refractivity (Wildman–Crippen MR) is 130 cm³/mol. The van der Waals surface area contributed by atoms with Crippen molar-refractivity contribution in [2.45, 2.75) is 50.9 Å². The highest BCUT2D eigenvalue weighted by Gasteiger charge is 2.30. The Kier molecular flexibility index (Phi) is 7.37. The van der Waals surface area contributed by atoms with Gasteiger partial charge in [-0.25, -0.2) is 4.98 Å². The van der Waals surface area contributed by atoms with Gasteiger partial charge in [0.2, 0.25) is 5.95 Å². The van der Waals surface area contributed by atoms with E-state index in [1.165, 1.54) is 6.07 Å². The van der Waals surface area contributed by atoms with Gasteiger partial charge < -0.3 is 21.3 Å². The number of aliphatic imine (C=N–C) groups is 1. The minimum Gasteiger partial charge on any atom is -0.353 e. The summed E-state index contributed by atoms with van der Waals surface area (Å²) in [6.45, 7) is 1.92. The van der Waals surface area contributed by atoms with Gasteiger partial charge in [0.1, 0.15) is 5.82 Å². The SMILES string of the molecule is CN=C(Nc1cccc(C(F)(F)F)c1)NC1CCC(Nc2nccc(Nc3cc(C)[nH]n3)n2)CC1. The van der Waals surface area contributed by atoms with Gasteiger partial charge in [-0.05, 0) is 56.9 Å². The van der Waals surface area contributed by atoms with Crippen molar-refractivity contribution in [3.63, 3.8) is 0 Å². The molecular weight excluding hydrogens is 459 g/mol. The summed E-state index contributed by atoms with van der Waals surface area (Å²) in [6.07, 6.45) is 0.803. The van der Waals surface area contributed by atoms with E-state index in [0.29, 0.717) is 29.2 Å². The average Bonchev–Trinajstić information content (AvgIpc) is 3.24. The van der Waals surface area contributed by atoms with E-state index in [0.717, 1.165) is 43.5 Å². The molecule has 0 unspecified atom stereocenters. The zero-order chi connectivity index (χ0) is 24.8. The molecule has 0 aliphatic heterocycles. The standard InChI is InChI=1S/C23H28F3N9/c1-14-12-20(35-34-14)32-19-10-11-28-22(33-19)30-17-8-6-16(7-9-17)29-21(27-2)31-18-5-3-4-15(13-18)23(24,25)26/h3-5,10-13,16-17H,6-9H2,1-2H3,(H2,27,29,31)(H3,28,30,32,33,34,35). The van der Waals surface area contributed by atoms with Crippen LogP contribution in [0.3, 0.4) is 0 Å². The van der Waals surface area contributed by atoms with Crippen LogP contribution in [0.25, 0.3) is 0 Å². The van der Waals surface area contributed by atoms with Crippen LogP contribution in [-0.2, 0) is 6.18 Å². The van der Waals surface area contributed by atoms with Crippen molar-refractivity contribution in [1.29, 1.82) is 0 Å². The zero-order valence-electron chi connectivity index (χ0n) is 19.4. The van der Waals surface area contributed by atoms with Crippen molar-refractivity contribution in [1.82, 2.24) is 25.5 Å². The number of benzene rings is 1. The Hall–Kier alpha value is -3.83. The molecule has 1 aliphatic carbocycles. The number of aromatic amines is 1. The molecule has 1 fully saturated rings. The van der Waals surface area contributed by atoms with E-state index in [2.05, 4.69) is 46.4 Å². The molecule has 0 bridgehead atoms. The normalized spacial score (nSPS) is 18.7. The van der Waals surface area contributed by atoms with Crippen LogP contribution in [-0.4, -0.2) is 45.3 Å². The number of halogens is 3. The fourth-order valence-corrected chi connectivity index (χ4v) is 3.94. The first-order valence-corrected chi connectivity index (χ1v) is 11.3. The van der Waals surface area contributed by atoms with Crippen molar-refractivity contribution < 1.29 is 13.2 Å². The van der Waals surface area contributed by atoms with Gasteiger partial charge in [-0.1, -0.05) is 6.07 Å². The summed E-state index contributed by atoms with van der Waals surface area (Å²) in [5, 5.41) is 19.8. The van der Waals surface area contributed by atoms with Crippen LogP contribution in [0.1, 0.15) is 36.9 Å². The van der Waals surface area contributed by atoms with E-state index in [4.69, 9.17) is 0 Å². The van der Waals surface area contributed by atoms with E-state index >= 15 is 0 Å². The summed E-state index contributed by atoms with van der Waals surface area (Å²) in [5.74, 6) is 2.32. The molecule has 3 aromatic rings. The van der Waals surface area contributed by atoms with Crippen LogP contribution in [0.2, 0.25) is 0 Å². The summed E-state index contributed by atoms with van der Waals surface area (Å²) in [4.78, 5) is 13.0. The first-order valence-electron chi connectivity index (χ1n) is 11.3. The molecule has 0 spiro atoms. The van der Waals surface area contributed by atoms with E-state index in [1.807, 2.05) is 13.0 Å². The van der Waals surface area contributed by atoms with Crippen molar-refractivity contribution in [2.24, 2.45) is 4.99 Å². The summed E-state index contributed by atoms with van der Waals surface area (Å²) in [6, 6.07) is 9.11. The van der Waals surface area contributed by atoms with Crippen LogP contribution in [0.5, 0.6) is 0 Å². The highest BCUT2D eigenvalue weighted by Crippen LogP contribution is 2.30. The Morgan fingerprint density at radius 2 is 1.83 bits per heavy atom. The van der Waals surface area contributed by atoms with Gasteiger partial charge in [-0.2, -0.15) is 23.3 Å². The summed E-state index contributed by atoms with van der Waals surface area (Å²) >= 11 is 0. The van der Waals surface area contributed by atoms with Crippen LogP contribution in [0, 0.1) is 6.92 Å². The van der Waals surface area contributed by atoms with E-state index in [9.17, 15) is 13.2 Å². The van der Waals surface area contributed by atoms with Crippen molar-refractivity contribution in [2.75, 3.05) is 23.0 Å². The Morgan fingerprint density at radius 3 is 2.51 bits per heavy atom. The molecule has 9 nitrogen and oxygen atoms in total. The van der Waals surface area contributed by atoms with Crippen molar-refractivity contribution in [3.05, 3.63) is 53.9 Å². The molecular formula is C23H28F3N9. The number of aromatic nitrogens is 4. The number of nitrogens with zero attached hydrogens (tertiary/aromatic N) is 4. The van der Waals surface area contributed by atoms with Gasteiger partial charge >= 0.3 is 6.18 Å². The van der Waals surface area contributed by atoms with E-state index in [1.54, 1.807) is 25.4 Å². The maximum Gasteiger partial charge on any atom is 0.416 e. The first kappa shape index (κ1) is 24.3. The van der Waals surface area contributed by atoms with Crippen molar-refractivity contribution in [3.8, 4) is 0 Å². The van der Waals surface area contributed by atoms with E-state index in [-0.39, 0.29) is 12.1 Å². The number of nitrogens with one attached hydrogen (secondary N) is 5. The molecule has 0 amide bonds. The molecule has 4 rings (SSSR count). The highest BCUT2D eigenvalue weighted by molar-refractivity contribution is 5.93. The number of anilines is 4. The van der Waals surface area contributed by atoms with Gasteiger partial charge in [-0.3, -0.25) is 10.1 Å². The van der Waals surface area contributed by atoms with Gasteiger partial charge in [0.15, 0.2) is 11.8 Å². The number of hydrogen-bond donors (Lipinski definition) is 5. The Labute approximate surface area is 201 Å². The van der Waals surface area contributed by atoms with Gasteiger partial charge in [0.25, 0.3) is 0 Å². The molecule has 2 aromatic heterocycles. The third kappa shape index (κ3) is 6.84. The third-order valence-electron chi connectivity index (χ3n) is 5.70. The average molecular weight is 488 g/mol. The Balaban J connectivity index is 1.27. The zero-order valence-corrected chi connectivity index (χ0v) is 19.4. The molecule has 5 N–H and O–H groups in total. The predicted octanol–water partition coefficient (Wildman–Crippen LogP) is 4.68. The smallest absolute Gasteiger partial charge is 0.353 e.